The predicted octanol–water partition coefficient (Wildman–Crippen LogP) is 1.82. The molecule has 128 valence electrons. The van der Waals surface area contributed by atoms with Crippen LogP contribution in [0.5, 0.6) is 0 Å². The Balaban J connectivity index is 0.00000441. The Morgan fingerprint density at radius 2 is 1.91 bits per heavy atom. The van der Waals surface area contributed by atoms with Gasteiger partial charge in [-0.3, -0.25) is 4.99 Å². The van der Waals surface area contributed by atoms with Crippen molar-refractivity contribution in [1.82, 2.24) is 10.6 Å². The van der Waals surface area contributed by atoms with Crippen molar-refractivity contribution in [1.29, 1.82) is 0 Å². The molecule has 0 aliphatic rings. The molecule has 0 fully saturated rings. The second-order valence-electron chi connectivity index (χ2n) is 5.69. The molecule has 0 radical (unpaired) electrons. The highest BCUT2D eigenvalue weighted by molar-refractivity contribution is 14.0. The molecule has 0 amide bonds. The average molecular weight is 443 g/mol. The van der Waals surface area contributed by atoms with Crippen molar-refractivity contribution in [3.05, 3.63) is 24.2 Å². The summed E-state index contributed by atoms with van der Waals surface area (Å²) >= 11 is 0. The minimum atomic E-state index is -3.12. The second-order valence-corrected chi connectivity index (χ2v) is 8.55. The Kier molecular flexibility index (Phi) is 9.06. The van der Waals surface area contributed by atoms with E-state index in [0.29, 0.717) is 19.0 Å². The predicted molar refractivity (Wildman–Crippen MR) is 101 cm³/mol. The number of rotatable bonds is 6. The van der Waals surface area contributed by atoms with Gasteiger partial charge in [-0.2, -0.15) is 0 Å². The number of nitrogens with one attached hydrogen (secondary N) is 2. The van der Waals surface area contributed by atoms with Crippen LogP contribution >= 0.6 is 24.0 Å². The largest absolute Gasteiger partial charge is 0.469 e. The van der Waals surface area contributed by atoms with E-state index in [1.54, 1.807) is 34.1 Å². The van der Waals surface area contributed by atoms with E-state index in [9.17, 15) is 8.42 Å². The van der Waals surface area contributed by atoms with Crippen LogP contribution in [0.3, 0.4) is 0 Å². The first kappa shape index (κ1) is 21.2. The van der Waals surface area contributed by atoms with E-state index in [-0.39, 0.29) is 29.7 Å². The number of sulfone groups is 1. The zero-order valence-corrected chi connectivity index (χ0v) is 16.7. The molecule has 0 atom stereocenters. The van der Waals surface area contributed by atoms with E-state index in [2.05, 4.69) is 15.6 Å². The van der Waals surface area contributed by atoms with Gasteiger partial charge in [-0.25, -0.2) is 8.42 Å². The Labute approximate surface area is 150 Å². The van der Waals surface area contributed by atoms with Gasteiger partial charge in [-0.1, -0.05) is 0 Å². The van der Waals surface area contributed by atoms with Gasteiger partial charge in [-0.05, 0) is 32.9 Å². The lowest BCUT2D eigenvalue weighted by atomic mass is 10.3. The summed E-state index contributed by atoms with van der Waals surface area (Å²) in [5, 5.41) is 6.12. The van der Waals surface area contributed by atoms with E-state index in [4.69, 9.17) is 4.42 Å². The molecule has 0 saturated heterocycles. The van der Waals surface area contributed by atoms with Crippen LogP contribution in [0.4, 0.5) is 0 Å². The average Bonchev–Trinajstić information content (AvgIpc) is 2.88. The summed E-state index contributed by atoms with van der Waals surface area (Å²) in [7, 11) is -1.46. The summed E-state index contributed by atoms with van der Waals surface area (Å²) in [6, 6.07) is 3.76. The number of aliphatic imine (C=N–C) groups is 1. The quantitative estimate of drug-likeness (QED) is 0.398. The van der Waals surface area contributed by atoms with Crippen molar-refractivity contribution in [2.24, 2.45) is 4.99 Å². The molecular weight excluding hydrogens is 417 g/mol. The minimum Gasteiger partial charge on any atom is -0.469 e. The molecule has 0 aliphatic heterocycles. The third-order valence-corrected chi connectivity index (χ3v) is 5.67. The highest BCUT2D eigenvalue weighted by atomic mass is 127. The molecule has 6 nitrogen and oxygen atoms in total. The Morgan fingerprint density at radius 1 is 1.27 bits per heavy atom. The maximum atomic E-state index is 12.0. The Morgan fingerprint density at radius 3 is 2.41 bits per heavy atom. The molecule has 1 rings (SSSR count). The summed E-state index contributed by atoms with van der Waals surface area (Å²) < 4.78 is 28.5. The first-order valence-corrected chi connectivity index (χ1v) is 8.61. The van der Waals surface area contributed by atoms with E-state index >= 15 is 0 Å². The van der Waals surface area contributed by atoms with Crippen molar-refractivity contribution in [2.45, 2.75) is 31.9 Å². The van der Waals surface area contributed by atoms with E-state index in [1.165, 1.54) is 0 Å². The van der Waals surface area contributed by atoms with Crippen LogP contribution in [0.1, 0.15) is 26.5 Å². The van der Waals surface area contributed by atoms with Gasteiger partial charge in [-0.15, -0.1) is 24.0 Å². The Bertz CT molecular complexity index is 548. The number of halogens is 1. The molecule has 1 aromatic rings. The van der Waals surface area contributed by atoms with Gasteiger partial charge in [0.15, 0.2) is 15.8 Å². The summed E-state index contributed by atoms with van der Waals surface area (Å²) in [5.74, 6) is 1.56. The molecule has 0 aliphatic carbocycles. The lowest BCUT2D eigenvalue weighted by molar-refractivity contribution is 0.507. The third kappa shape index (κ3) is 6.99. The van der Waals surface area contributed by atoms with Crippen molar-refractivity contribution >= 4 is 39.8 Å². The van der Waals surface area contributed by atoms with Crippen LogP contribution in [0.2, 0.25) is 0 Å². The zero-order chi connectivity index (χ0) is 15.9. The van der Waals surface area contributed by atoms with Gasteiger partial charge in [0.25, 0.3) is 0 Å². The van der Waals surface area contributed by atoms with E-state index in [0.717, 1.165) is 12.2 Å². The molecule has 0 bridgehead atoms. The maximum absolute atomic E-state index is 12.0. The zero-order valence-electron chi connectivity index (χ0n) is 13.5. The molecule has 0 aromatic carbocycles. The number of furan rings is 1. The fraction of sp³-hybridized carbons (Fsp3) is 0.643. The number of nitrogens with zero attached hydrogens (tertiary/aromatic N) is 1. The van der Waals surface area contributed by atoms with Crippen molar-refractivity contribution < 1.29 is 12.8 Å². The molecule has 0 saturated carbocycles. The third-order valence-electron chi connectivity index (χ3n) is 3.06. The van der Waals surface area contributed by atoms with Gasteiger partial charge >= 0.3 is 0 Å². The van der Waals surface area contributed by atoms with E-state index < -0.39 is 14.6 Å². The van der Waals surface area contributed by atoms with Crippen LogP contribution in [0.25, 0.3) is 0 Å². The molecule has 8 heteroatoms. The van der Waals surface area contributed by atoms with Crippen molar-refractivity contribution in [3.63, 3.8) is 0 Å². The topological polar surface area (TPSA) is 83.7 Å². The van der Waals surface area contributed by atoms with Gasteiger partial charge < -0.3 is 15.1 Å². The van der Waals surface area contributed by atoms with Crippen LogP contribution in [-0.2, 0) is 16.3 Å². The highest BCUT2D eigenvalue weighted by Crippen LogP contribution is 2.15. The molecule has 1 heterocycles. The summed E-state index contributed by atoms with van der Waals surface area (Å²) in [5.41, 5.74) is 0. The standard InChI is InChI=1S/C14H25N3O3S.HI/c1-14(2,3)21(18,19)11-9-17-13(15-4)16-8-7-12-6-5-10-20-12;/h5-6,10H,7-9,11H2,1-4H3,(H2,15,16,17);1H. The van der Waals surface area contributed by atoms with Gasteiger partial charge in [0.1, 0.15) is 5.76 Å². The lowest BCUT2D eigenvalue weighted by Crippen LogP contribution is -2.42. The van der Waals surface area contributed by atoms with Crippen LogP contribution in [0, 0.1) is 0 Å². The van der Waals surface area contributed by atoms with Gasteiger partial charge in [0.05, 0.1) is 16.8 Å². The molecule has 2 N–H and O–H groups in total. The van der Waals surface area contributed by atoms with Crippen LogP contribution in [0.15, 0.2) is 27.8 Å². The smallest absolute Gasteiger partial charge is 0.191 e. The second kappa shape index (κ2) is 9.39. The number of hydrogen-bond acceptors (Lipinski definition) is 4. The Hall–Kier alpha value is -0.770. The first-order chi connectivity index (χ1) is 9.76. The highest BCUT2D eigenvalue weighted by Gasteiger charge is 2.28. The maximum Gasteiger partial charge on any atom is 0.191 e. The fourth-order valence-electron chi connectivity index (χ4n) is 1.59. The van der Waals surface area contributed by atoms with E-state index in [1.807, 2.05) is 12.1 Å². The molecule has 1 aromatic heterocycles. The normalized spacial score (nSPS) is 12.6. The van der Waals surface area contributed by atoms with Gasteiger partial charge in [0.2, 0.25) is 0 Å². The summed E-state index contributed by atoms with van der Waals surface area (Å²) in [6.07, 6.45) is 2.38. The number of hydrogen-bond donors (Lipinski definition) is 2. The summed E-state index contributed by atoms with van der Waals surface area (Å²) in [6.45, 7) is 6.12. The van der Waals surface area contributed by atoms with Crippen LogP contribution in [-0.4, -0.2) is 45.0 Å². The fourth-order valence-corrected chi connectivity index (χ4v) is 2.57. The first-order valence-electron chi connectivity index (χ1n) is 6.95. The minimum absolute atomic E-state index is 0. The molecule has 0 unspecified atom stereocenters. The van der Waals surface area contributed by atoms with Gasteiger partial charge in [0, 0.05) is 26.6 Å². The monoisotopic (exact) mass is 443 g/mol. The van der Waals surface area contributed by atoms with Crippen molar-refractivity contribution in [2.75, 3.05) is 25.9 Å². The van der Waals surface area contributed by atoms with Crippen LogP contribution < -0.4 is 10.6 Å². The summed E-state index contributed by atoms with van der Waals surface area (Å²) in [4.78, 5) is 4.06. The lowest BCUT2D eigenvalue weighted by Gasteiger charge is -2.19. The SMILES string of the molecule is CN=C(NCCc1ccco1)NCCS(=O)(=O)C(C)(C)C.I. The molecule has 22 heavy (non-hydrogen) atoms. The molecule has 0 spiro atoms. The van der Waals surface area contributed by atoms with Crippen molar-refractivity contribution in [3.8, 4) is 0 Å². The number of guanidine groups is 1. The molecular formula is C14H26IN3O3S.